The maximum absolute atomic E-state index is 11.9. The molecule has 0 fully saturated rings. The molecule has 0 N–H and O–H groups in total. The van der Waals surface area contributed by atoms with Crippen molar-refractivity contribution in [1.82, 2.24) is 4.90 Å². The van der Waals surface area contributed by atoms with Crippen LogP contribution in [0.4, 0.5) is 0 Å². The van der Waals surface area contributed by atoms with Gasteiger partial charge in [0.05, 0.1) is 7.11 Å². The molecular formula is C19H17Cl2NO3. The first kappa shape index (κ1) is 17.8. The van der Waals surface area contributed by atoms with Crippen molar-refractivity contribution >= 4 is 34.2 Å². The molecule has 0 aliphatic heterocycles. The van der Waals surface area contributed by atoms with Crippen LogP contribution in [0.2, 0.25) is 10.0 Å². The molecule has 1 aromatic heterocycles. The second-order valence-electron chi connectivity index (χ2n) is 5.86. The van der Waals surface area contributed by atoms with E-state index in [4.69, 9.17) is 32.4 Å². The van der Waals surface area contributed by atoms with Gasteiger partial charge in [-0.2, -0.15) is 0 Å². The molecule has 0 atom stereocenters. The van der Waals surface area contributed by atoms with Gasteiger partial charge in [0, 0.05) is 40.7 Å². The summed E-state index contributed by atoms with van der Waals surface area (Å²) in [5.74, 6) is 0.647. The first-order valence-corrected chi connectivity index (χ1v) is 8.45. The third-order valence-electron chi connectivity index (χ3n) is 3.93. The van der Waals surface area contributed by atoms with Crippen LogP contribution in [0, 0.1) is 0 Å². The Morgan fingerprint density at radius 2 is 1.80 bits per heavy atom. The van der Waals surface area contributed by atoms with E-state index in [1.54, 1.807) is 19.2 Å². The Morgan fingerprint density at radius 1 is 1.04 bits per heavy atom. The number of ether oxygens (including phenoxy) is 1. The first-order chi connectivity index (χ1) is 12.0. The summed E-state index contributed by atoms with van der Waals surface area (Å²) in [4.78, 5) is 14.0. The zero-order valence-corrected chi connectivity index (χ0v) is 15.4. The van der Waals surface area contributed by atoms with E-state index >= 15 is 0 Å². The fraction of sp³-hybridized carbons (Fsp3) is 0.211. The van der Waals surface area contributed by atoms with E-state index in [9.17, 15) is 4.79 Å². The highest BCUT2D eigenvalue weighted by molar-refractivity contribution is 6.35. The van der Waals surface area contributed by atoms with Crippen LogP contribution >= 0.6 is 23.2 Å². The maximum Gasteiger partial charge on any atom is 0.336 e. The summed E-state index contributed by atoms with van der Waals surface area (Å²) in [6.45, 7) is 1.21. The maximum atomic E-state index is 11.9. The number of rotatable bonds is 5. The zero-order valence-electron chi connectivity index (χ0n) is 13.9. The Balaban J connectivity index is 1.87. The Kier molecular flexibility index (Phi) is 5.33. The summed E-state index contributed by atoms with van der Waals surface area (Å²) in [6.07, 6.45) is 0. The van der Waals surface area contributed by atoms with E-state index in [0.717, 1.165) is 16.5 Å². The monoisotopic (exact) mass is 377 g/mol. The molecule has 6 heteroatoms. The SMILES string of the molecule is COc1ccc2c(CN(C)Cc3ccc(Cl)cc3Cl)cc(=O)oc2c1. The molecule has 0 amide bonds. The van der Waals surface area contributed by atoms with E-state index in [1.807, 2.05) is 31.3 Å². The normalized spacial score (nSPS) is 11.2. The Morgan fingerprint density at radius 3 is 2.52 bits per heavy atom. The summed E-state index contributed by atoms with van der Waals surface area (Å²) in [6, 6.07) is 12.4. The molecule has 130 valence electrons. The van der Waals surface area contributed by atoms with Gasteiger partial charge >= 0.3 is 5.63 Å². The predicted octanol–water partition coefficient (Wildman–Crippen LogP) is 4.74. The van der Waals surface area contributed by atoms with Gasteiger partial charge in [-0.1, -0.05) is 29.3 Å². The van der Waals surface area contributed by atoms with E-state index in [1.165, 1.54) is 6.07 Å². The molecule has 4 nitrogen and oxygen atoms in total. The van der Waals surface area contributed by atoms with Crippen molar-refractivity contribution in [2.45, 2.75) is 13.1 Å². The van der Waals surface area contributed by atoms with Crippen LogP contribution in [0.25, 0.3) is 11.0 Å². The standard InChI is InChI=1S/C19H17Cl2NO3/c1-22(10-12-3-4-14(20)8-17(12)21)11-13-7-19(23)25-18-9-15(24-2)5-6-16(13)18/h3-9H,10-11H2,1-2H3. The molecule has 1 heterocycles. The Labute approximate surface area is 155 Å². The second-order valence-corrected chi connectivity index (χ2v) is 6.70. The smallest absolute Gasteiger partial charge is 0.336 e. The van der Waals surface area contributed by atoms with Gasteiger partial charge in [0.15, 0.2) is 0 Å². The van der Waals surface area contributed by atoms with Gasteiger partial charge in [0.1, 0.15) is 11.3 Å². The molecule has 25 heavy (non-hydrogen) atoms. The Hall–Kier alpha value is -2.01. The van der Waals surface area contributed by atoms with Crippen molar-refractivity contribution in [3.8, 4) is 5.75 Å². The molecule has 3 rings (SSSR count). The molecular weight excluding hydrogens is 361 g/mol. The van der Waals surface area contributed by atoms with Crippen LogP contribution in [0.1, 0.15) is 11.1 Å². The van der Waals surface area contributed by atoms with Gasteiger partial charge in [-0.05, 0) is 42.4 Å². The van der Waals surface area contributed by atoms with Gasteiger partial charge in [-0.15, -0.1) is 0 Å². The van der Waals surface area contributed by atoms with E-state index in [-0.39, 0.29) is 5.63 Å². The predicted molar refractivity (Wildman–Crippen MR) is 101 cm³/mol. The fourth-order valence-electron chi connectivity index (χ4n) is 2.76. The zero-order chi connectivity index (χ0) is 18.0. The lowest BCUT2D eigenvalue weighted by Crippen LogP contribution is -2.18. The van der Waals surface area contributed by atoms with Gasteiger partial charge in [0.2, 0.25) is 0 Å². The fourth-order valence-corrected chi connectivity index (χ4v) is 3.22. The molecule has 0 bridgehead atoms. The van der Waals surface area contributed by atoms with Gasteiger partial charge in [0.25, 0.3) is 0 Å². The summed E-state index contributed by atoms with van der Waals surface area (Å²) in [7, 11) is 3.54. The van der Waals surface area contributed by atoms with Crippen molar-refractivity contribution in [2.75, 3.05) is 14.2 Å². The largest absolute Gasteiger partial charge is 0.497 e. The van der Waals surface area contributed by atoms with Crippen LogP contribution < -0.4 is 10.4 Å². The van der Waals surface area contributed by atoms with E-state index in [2.05, 4.69) is 4.90 Å². The van der Waals surface area contributed by atoms with Crippen LogP contribution in [0.15, 0.2) is 51.7 Å². The Bertz CT molecular complexity index is 969. The summed E-state index contributed by atoms with van der Waals surface area (Å²) in [5, 5.41) is 2.12. The molecule has 0 saturated heterocycles. The number of fused-ring (bicyclic) bond motifs is 1. The molecule has 0 radical (unpaired) electrons. The minimum atomic E-state index is -0.381. The van der Waals surface area contributed by atoms with Crippen molar-refractivity contribution < 1.29 is 9.15 Å². The van der Waals surface area contributed by atoms with Crippen LogP contribution in [0.3, 0.4) is 0 Å². The molecule has 0 aliphatic rings. The highest BCUT2D eigenvalue weighted by atomic mass is 35.5. The van der Waals surface area contributed by atoms with E-state index < -0.39 is 0 Å². The number of methoxy groups -OCH3 is 1. The molecule has 0 aliphatic carbocycles. The average molecular weight is 378 g/mol. The summed E-state index contributed by atoms with van der Waals surface area (Å²) >= 11 is 12.2. The lowest BCUT2D eigenvalue weighted by Gasteiger charge is -2.18. The summed E-state index contributed by atoms with van der Waals surface area (Å²) < 4.78 is 10.5. The number of hydrogen-bond donors (Lipinski definition) is 0. The van der Waals surface area contributed by atoms with Gasteiger partial charge < -0.3 is 9.15 Å². The van der Waals surface area contributed by atoms with Crippen molar-refractivity contribution in [3.63, 3.8) is 0 Å². The highest BCUT2D eigenvalue weighted by Crippen LogP contribution is 2.25. The van der Waals surface area contributed by atoms with Crippen molar-refractivity contribution in [2.24, 2.45) is 0 Å². The number of benzene rings is 2. The van der Waals surface area contributed by atoms with Crippen LogP contribution in [-0.4, -0.2) is 19.1 Å². The van der Waals surface area contributed by atoms with Crippen LogP contribution in [-0.2, 0) is 13.1 Å². The van der Waals surface area contributed by atoms with Gasteiger partial charge in [-0.25, -0.2) is 4.79 Å². The molecule has 2 aromatic carbocycles. The van der Waals surface area contributed by atoms with Crippen molar-refractivity contribution in [1.29, 1.82) is 0 Å². The van der Waals surface area contributed by atoms with Crippen LogP contribution in [0.5, 0.6) is 5.75 Å². The lowest BCUT2D eigenvalue weighted by atomic mass is 10.1. The molecule has 0 spiro atoms. The third-order valence-corrected chi connectivity index (χ3v) is 4.52. The highest BCUT2D eigenvalue weighted by Gasteiger charge is 2.11. The number of hydrogen-bond acceptors (Lipinski definition) is 4. The minimum Gasteiger partial charge on any atom is -0.497 e. The third kappa shape index (κ3) is 4.15. The molecule has 0 saturated carbocycles. The second kappa shape index (κ2) is 7.48. The first-order valence-electron chi connectivity index (χ1n) is 7.69. The lowest BCUT2D eigenvalue weighted by molar-refractivity contribution is 0.319. The topological polar surface area (TPSA) is 42.7 Å². The van der Waals surface area contributed by atoms with Crippen molar-refractivity contribution in [3.05, 3.63) is 74.1 Å². The molecule has 0 unspecified atom stereocenters. The van der Waals surface area contributed by atoms with E-state index in [0.29, 0.717) is 34.5 Å². The molecule has 3 aromatic rings. The van der Waals surface area contributed by atoms with Gasteiger partial charge in [-0.3, -0.25) is 4.90 Å². The minimum absolute atomic E-state index is 0.381. The number of nitrogens with zero attached hydrogens (tertiary/aromatic N) is 1. The summed E-state index contributed by atoms with van der Waals surface area (Å²) in [5.41, 5.74) is 2.00. The number of halogens is 2. The average Bonchev–Trinajstić information content (AvgIpc) is 2.56. The quantitative estimate of drug-likeness (QED) is 0.602.